The monoisotopic (exact) mass is 510 g/mol. The summed E-state index contributed by atoms with van der Waals surface area (Å²) in [6.07, 6.45) is -5.24. The number of nitrogens with zero attached hydrogens (tertiary/aromatic N) is 3. The van der Waals surface area contributed by atoms with E-state index in [4.69, 9.17) is 23.2 Å². The Morgan fingerprint density at radius 3 is 2.34 bits per heavy atom. The summed E-state index contributed by atoms with van der Waals surface area (Å²) in [4.78, 5) is 12.1. The number of aryl methyl sites for hydroxylation is 2. The molecule has 1 N–H and O–H groups in total. The molecule has 14 heteroatoms. The minimum absolute atomic E-state index is 0.0465. The third-order valence-electron chi connectivity index (χ3n) is 4.26. The molecule has 0 bridgehead atoms. The van der Waals surface area contributed by atoms with Crippen LogP contribution < -0.4 is 4.72 Å². The molecule has 0 saturated heterocycles. The molecule has 1 aromatic heterocycles. The third-order valence-corrected chi connectivity index (χ3v) is 6.38. The number of hydrogen-bond acceptors (Lipinski definition) is 5. The molecular formula is C18H12Cl2F4N4O3S. The standard InChI is InChI=1S/C18H12Cl2F4N4O3S/c1-8-6-14(9(2)5-11(8)20)32(30,31)26-17(29)15-16(18(22,23)24)28(27-25-15)13-4-3-10(19)7-12(13)21/h3-7H,1-2H3,(H,26,29). The van der Waals surface area contributed by atoms with Crippen LogP contribution in [-0.4, -0.2) is 29.3 Å². The Bertz CT molecular complexity index is 1340. The van der Waals surface area contributed by atoms with Gasteiger partial charge >= 0.3 is 6.18 Å². The minimum Gasteiger partial charge on any atom is -0.266 e. The molecule has 1 amide bonds. The number of nitrogens with one attached hydrogen (secondary N) is 1. The van der Waals surface area contributed by atoms with Gasteiger partial charge in [0.15, 0.2) is 11.4 Å². The first-order valence-corrected chi connectivity index (χ1v) is 10.8. The van der Waals surface area contributed by atoms with Gasteiger partial charge in [-0.25, -0.2) is 22.2 Å². The van der Waals surface area contributed by atoms with E-state index in [1.807, 2.05) is 0 Å². The fourth-order valence-corrected chi connectivity index (χ4v) is 4.42. The van der Waals surface area contributed by atoms with Crippen LogP contribution in [0.5, 0.6) is 0 Å². The van der Waals surface area contributed by atoms with Crippen LogP contribution >= 0.6 is 23.2 Å². The molecule has 0 unspecified atom stereocenters. The van der Waals surface area contributed by atoms with Gasteiger partial charge in [-0.05, 0) is 55.3 Å². The highest BCUT2D eigenvalue weighted by molar-refractivity contribution is 7.90. The Hall–Kier alpha value is -2.70. The molecule has 0 radical (unpaired) electrons. The highest BCUT2D eigenvalue weighted by Gasteiger charge is 2.43. The molecule has 1 heterocycles. The Morgan fingerprint density at radius 2 is 1.75 bits per heavy atom. The number of rotatable bonds is 4. The van der Waals surface area contributed by atoms with Crippen LogP contribution in [-0.2, 0) is 16.2 Å². The van der Waals surface area contributed by atoms with Gasteiger partial charge in [-0.2, -0.15) is 13.2 Å². The molecule has 0 aliphatic rings. The fourth-order valence-electron chi connectivity index (χ4n) is 2.78. The van der Waals surface area contributed by atoms with Crippen LogP contribution in [0.4, 0.5) is 17.6 Å². The van der Waals surface area contributed by atoms with Crippen molar-refractivity contribution in [1.29, 1.82) is 0 Å². The van der Waals surface area contributed by atoms with E-state index in [9.17, 15) is 30.8 Å². The van der Waals surface area contributed by atoms with Gasteiger partial charge < -0.3 is 0 Å². The molecule has 7 nitrogen and oxygen atoms in total. The van der Waals surface area contributed by atoms with Crippen molar-refractivity contribution in [3.63, 3.8) is 0 Å². The van der Waals surface area contributed by atoms with Gasteiger partial charge in [0, 0.05) is 10.0 Å². The molecule has 32 heavy (non-hydrogen) atoms. The molecule has 0 atom stereocenters. The zero-order chi connectivity index (χ0) is 24.0. The lowest BCUT2D eigenvalue weighted by Gasteiger charge is -2.13. The quantitative estimate of drug-likeness (QED) is 0.522. The van der Waals surface area contributed by atoms with Crippen molar-refractivity contribution >= 4 is 39.1 Å². The first kappa shape index (κ1) is 24.0. The summed E-state index contributed by atoms with van der Waals surface area (Å²) >= 11 is 11.5. The number of aromatic nitrogens is 3. The zero-order valence-corrected chi connectivity index (χ0v) is 18.5. The van der Waals surface area contributed by atoms with Crippen LogP contribution in [0.15, 0.2) is 35.2 Å². The molecule has 3 rings (SSSR count). The van der Waals surface area contributed by atoms with Crippen molar-refractivity contribution in [1.82, 2.24) is 19.7 Å². The number of amides is 1. The summed E-state index contributed by atoms with van der Waals surface area (Å²) in [5, 5.41) is 6.53. The lowest BCUT2D eigenvalue weighted by molar-refractivity contribution is -0.143. The third kappa shape index (κ3) is 4.57. The first-order chi connectivity index (χ1) is 14.7. The molecule has 2 aromatic carbocycles. The average molecular weight is 511 g/mol. The number of alkyl halides is 3. The lowest BCUT2D eigenvalue weighted by atomic mass is 10.2. The molecule has 170 valence electrons. The predicted molar refractivity (Wildman–Crippen MR) is 107 cm³/mol. The number of hydrogen-bond donors (Lipinski definition) is 1. The molecule has 0 aliphatic heterocycles. The van der Waals surface area contributed by atoms with Gasteiger partial charge in [-0.3, -0.25) is 4.79 Å². The molecule has 0 aliphatic carbocycles. The Morgan fingerprint density at radius 1 is 1.09 bits per heavy atom. The van der Waals surface area contributed by atoms with E-state index >= 15 is 0 Å². The van der Waals surface area contributed by atoms with Crippen molar-refractivity contribution in [2.45, 2.75) is 24.9 Å². The van der Waals surface area contributed by atoms with Gasteiger partial charge in [-0.15, -0.1) is 5.10 Å². The Labute approximate surface area is 189 Å². The van der Waals surface area contributed by atoms with Crippen LogP contribution in [0.1, 0.15) is 27.3 Å². The van der Waals surface area contributed by atoms with Gasteiger partial charge in [0.25, 0.3) is 15.9 Å². The molecule has 0 saturated carbocycles. The highest BCUT2D eigenvalue weighted by Crippen LogP contribution is 2.34. The summed E-state index contributed by atoms with van der Waals surface area (Å²) in [6.45, 7) is 2.90. The maximum atomic E-state index is 14.2. The van der Waals surface area contributed by atoms with Crippen LogP contribution in [0.2, 0.25) is 10.0 Å². The van der Waals surface area contributed by atoms with E-state index in [1.165, 1.54) is 24.6 Å². The number of carbonyl (C=O) groups excluding carboxylic acids is 1. The number of halogens is 6. The van der Waals surface area contributed by atoms with Crippen molar-refractivity contribution in [2.75, 3.05) is 0 Å². The van der Waals surface area contributed by atoms with Gasteiger partial charge in [0.05, 0.1) is 4.90 Å². The van der Waals surface area contributed by atoms with E-state index in [1.54, 1.807) is 0 Å². The Balaban J connectivity index is 2.08. The van der Waals surface area contributed by atoms with Crippen LogP contribution in [0.3, 0.4) is 0 Å². The maximum Gasteiger partial charge on any atom is 0.435 e. The van der Waals surface area contributed by atoms with E-state index in [0.29, 0.717) is 5.56 Å². The first-order valence-electron chi connectivity index (χ1n) is 8.54. The fraction of sp³-hybridized carbons (Fsp3) is 0.167. The molecular weight excluding hydrogens is 499 g/mol. The van der Waals surface area contributed by atoms with E-state index in [0.717, 1.165) is 24.3 Å². The molecule has 3 aromatic rings. The smallest absolute Gasteiger partial charge is 0.266 e. The maximum absolute atomic E-state index is 14.2. The van der Waals surface area contributed by atoms with Crippen molar-refractivity contribution in [3.05, 3.63) is 68.7 Å². The van der Waals surface area contributed by atoms with E-state index < -0.39 is 45.0 Å². The second-order valence-electron chi connectivity index (χ2n) is 6.59. The summed E-state index contributed by atoms with van der Waals surface area (Å²) in [7, 11) is -4.60. The summed E-state index contributed by atoms with van der Waals surface area (Å²) < 4.78 is 82.2. The van der Waals surface area contributed by atoms with Gasteiger partial charge in [0.1, 0.15) is 11.5 Å². The van der Waals surface area contributed by atoms with Crippen molar-refractivity contribution in [2.24, 2.45) is 0 Å². The summed E-state index contributed by atoms with van der Waals surface area (Å²) in [5.41, 5.74) is -3.30. The normalized spacial score (nSPS) is 12.1. The number of sulfonamides is 1. The summed E-state index contributed by atoms with van der Waals surface area (Å²) in [5.74, 6) is -2.87. The second kappa shape index (κ2) is 8.34. The Kier molecular flexibility index (Phi) is 6.24. The SMILES string of the molecule is Cc1cc(S(=O)(=O)NC(=O)c2nnn(-c3ccc(Cl)cc3F)c2C(F)(F)F)c(C)cc1Cl. The van der Waals surface area contributed by atoms with Gasteiger partial charge in [-0.1, -0.05) is 28.4 Å². The zero-order valence-electron chi connectivity index (χ0n) is 16.1. The molecule has 0 spiro atoms. The minimum atomic E-state index is -5.24. The van der Waals surface area contributed by atoms with Crippen molar-refractivity contribution in [3.8, 4) is 5.69 Å². The second-order valence-corrected chi connectivity index (χ2v) is 9.09. The summed E-state index contributed by atoms with van der Waals surface area (Å²) in [6, 6.07) is 5.25. The van der Waals surface area contributed by atoms with E-state index in [-0.39, 0.29) is 25.2 Å². The highest BCUT2D eigenvalue weighted by atomic mass is 35.5. The topological polar surface area (TPSA) is 93.9 Å². The largest absolute Gasteiger partial charge is 0.435 e. The molecule has 0 fully saturated rings. The number of benzene rings is 2. The van der Waals surface area contributed by atoms with E-state index in [2.05, 4.69) is 10.3 Å². The van der Waals surface area contributed by atoms with Gasteiger partial charge in [0.2, 0.25) is 0 Å². The average Bonchev–Trinajstić information content (AvgIpc) is 3.09. The van der Waals surface area contributed by atoms with Crippen LogP contribution in [0.25, 0.3) is 5.69 Å². The predicted octanol–water partition coefficient (Wildman–Crippen LogP) is 4.47. The lowest BCUT2D eigenvalue weighted by Crippen LogP contribution is -2.33. The van der Waals surface area contributed by atoms with Crippen molar-refractivity contribution < 1.29 is 30.8 Å². The number of carbonyl (C=O) groups is 1. The van der Waals surface area contributed by atoms with Crippen LogP contribution in [0, 0.1) is 19.7 Å².